The second-order valence-corrected chi connectivity index (χ2v) is 14.9. The van der Waals surface area contributed by atoms with Crippen LogP contribution in [0.4, 0.5) is 26.3 Å². The number of aliphatic hydroxyl groups excluding tert-OH is 1. The zero-order chi connectivity index (χ0) is 39.7. The Morgan fingerprint density at radius 2 is 1.58 bits per heavy atom. The molecule has 16 heteroatoms. The first-order chi connectivity index (χ1) is 24.6. The van der Waals surface area contributed by atoms with E-state index in [9.17, 15) is 36.2 Å². The van der Waals surface area contributed by atoms with Crippen LogP contribution >= 0.6 is 35.0 Å². The standard InChI is InChI=1S/C34H32Cl2F6N2O4S.C3H8O/c1-32(2,46)14-4-15-49-16-13-29(45)48-31-23(26-18-28(34(40,41)42)43-44(26)3)10-12-27(47-19-20-5-8-22(35)9-6-20)30(31)21-7-11-25(36)24(17-21)33(37,38)39;1-3(2)4/h5-12,17-18,46H,4,13-16,19H2,1-3H3;3-4H,1-2H3. The first-order valence-corrected chi connectivity index (χ1v) is 18.2. The number of esters is 1. The molecule has 4 rings (SSSR count). The number of aromatic nitrogens is 2. The molecule has 0 saturated heterocycles. The summed E-state index contributed by atoms with van der Waals surface area (Å²) in [4.78, 5) is 13.3. The minimum absolute atomic E-state index is 0.0175. The van der Waals surface area contributed by atoms with Crippen molar-refractivity contribution in [3.63, 3.8) is 0 Å². The number of halogens is 8. The Morgan fingerprint density at radius 3 is 2.15 bits per heavy atom. The Morgan fingerprint density at radius 1 is 0.943 bits per heavy atom. The van der Waals surface area contributed by atoms with Gasteiger partial charge in [0.1, 0.15) is 12.4 Å². The fraction of sp³-hybridized carbons (Fsp3) is 0.405. The van der Waals surface area contributed by atoms with Crippen molar-refractivity contribution in [3.8, 4) is 33.9 Å². The van der Waals surface area contributed by atoms with Crippen molar-refractivity contribution in [1.29, 1.82) is 0 Å². The lowest BCUT2D eigenvalue weighted by Gasteiger charge is -2.20. The van der Waals surface area contributed by atoms with Crippen molar-refractivity contribution < 1.29 is 50.8 Å². The van der Waals surface area contributed by atoms with E-state index in [-0.39, 0.29) is 53.0 Å². The van der Waals surface area contributed by atoms with Gasteiger partial charge in [-0.3, -0.25) is 9.48 Å². The first-order valence-electron chi connectivity index (χ1n) is 16.3. The van der Waals surface area contributed by atoms with E-state index < -0.39 is 40.2 Å². The summed E-state index contributed by atoms with van der Waals surface area (Å²) in [5, 5.41) is 21.4. The quantitative estimate of drug-likeness (QED) is 0.0601. The van der Waals surface area contributed by atoms with Crippen molar-refractivity contribution in [2.75, 3.05) is 11.5 Å². The van der Waals surface area contributed by atoms with Gasteiger partial charge in [-0.05, 0) is 99.9 Å². The third-order valence-electron chi connectivity index (χ3n) is 7.18. The number of ether oxygens (including phenoxy) is 2. The van der Waals surface area contributed by atoms with E-state index in [0.29, 0.717) is 34.9 Å². The number of thioether (sulfide) groups is 1. The van der Waals surface area contributed by atoms with Crippen LogP contribution in [0.2, 0.25) is 10.0 Å². The average molecular weight is 810 g/mol. The number of aliphatic hydroxyl groups is 2. The van der Waals surface area contributed by atoms with Crippen LogP contribution in [0.1, 0.15) is 63.8 Å². The highest BCUT2D eigenvalue weighted by atomic mass is 35.5. The van der Waals surface area contributed by atoms with Crippen molar-refractivity contribution in [3.05, 3.63) is 87.5 Å². The van der Waals surface area contributed by atoms with Crippen LogP contribution in [0.25, 0.3) is 22.4 Å². The number of hydrogen-bond donors (Lipinski definition) is 2. The van der Waals surface area contributed by atoms with Gasteiger partial charge in [0.05, 0.1) is 33.9 Å². The monoisotopic (exact) mass is 808 g/mol. The lowest BCUT2D eigenvalue weighted by molar-refractivity contribution is -0.141. The summed E-state index contributed by atoms with van der Waals surface area (Å²) < 4.78 is 95.9. The number of rotatable bonds is 13. The van der Waals surface area contributed by atoms with Crippen molar-refractivity contribution in [2.45, 2.75) is 77.6 Å². The highest BCUT2D eigenvalue weighted by molar-refractivity contribution is 7.99. The molecule has 0 fully saturated rings. The summed E-state index contributed by atoms with van der Waals surface area (Å²) in [6.07, 6.45) is -8.73. The summed E-state index contributed by atoms with van der Waals surface area (Å²) >= 11 is 13.3. The number of alkyl halides is 6. The topological polar surface area (TPSA) is 93.8 Å². The minimum atomic E-state index is -4.86. The highest BCUT2D eigenvalue weighted by Gasteiger charge is 2.37. The number of benzene rings is 3. The molecule has 0 atom stereocenters. The molecule has 0 saturated carbocycles. The molecule has 0 unspecified atom stereocenters. The normalized spacial score (nSPS) is 12.1. The van der Waals surface area contributed by atoms with Gasteiger partial charge in [0.15, 0.2) is 11.4 Å². The molecule has 3 aromatic carbocycles. The predicted octanol–water partition coefficient (Wildman–Crippen LogP) is 10.6. The van der Waals surface area contributed by atoms with Gasteiger partial charge in [-0.2, -0.15) is 43.2 Å². The smallest absolute Gasteiger partial charge is 0.435 e. The van der Waals surface area contributed by atoms with E-state index in [1.807, 2.05) is 0 Å². The molecule has 1 heterocycles. The molecule has 290 valence electrons. The number of carbonyl (C=O) groups excluding carboxylic acids is 1. The maximum absolute atomic E-state index is 14.0. The Bertz CT molecular complexity index is 1820. The average Bonchev–Trinajstić information content (AvgIpc) is 3.43. The summed E-state index contributed by atoms with van der Waals surface area (Å²) in [5.74, 6) is -0.169. The van der Waals surface area contributed by atoms with Crippen molar-refractivity contribution in [1.82, 2.24) is 9.78 Å². The van der Waals surface area contributed by atoms with Crippen LogP contribution in [0.3, 0.4) is 0 Å². The van der Waals surface area contributed by atoms with Gasteiger partial charge >= 0.3 is 18.3 Å². The van der Waals surface area contributed by atoms with Crippen molar-refractivity contribution in [2.24, 2.45) is 7.05 Å². The molecule has 7 nitrogen and oxygen atoms in total. The summed E-state index contributed by atoms with van der Waals surface area (Å²) in [6.45, 7) is 6.74. The van der Waals surface area contributed by atoms with Crippen LogP contribution in [0, 0.1) is 0 Å². The molecule has 0 radical (unpaired) electrons. The van der Waals surface area contributed by atoms with Crippen molar-refractivity contribution >= 4 is 40.9 Å². The van der Waals surface area contributed by atoms with E-state index in [0.717, 1.165) is 22.9 Å². The molecule has 0 aliphatic carbocycles. The van der Waals surface area contributed by atoms with E-state index in [2.05, 4.69) is 5.10 Å². The fourth-order valence-corrected chi connectivity index (χ4v) is 6.01. The predicted molar refractivity (Wildman–Crippen MR) is 195 cm³/mol. The van der Waals surface area contributed by atoms with Gasteiger partial charge in [0.2, 0.25) is 0 Å². The molecule has 4 aromatic rings. The Hall–Kier alpha value is -3.43. The molecular weight excluding hydrogens is 769 g/mol. The Kier molecular flexibility index (Phi) is 15.6. The number of aryl methyl sites for hydroxylation is 1. The molecule has 0 amide bonds. The molecule has 0 bridgehead atoms. The highest BCUT2D eigenvalue weighted by Crippen LogP contribution is 2.48. The van der Waals surface area contributed by atoms with E-state index in [4.69, 9.17) is 37.8 Å². The third-order valence-corrected chi connectivity index (χ3v) is 8.83. The van der Waals surface area contributed by atoms with Gasteiger partial charge < -0.3 is 19.7 Å². The molecule has 53 heavy (non-hydrogen) atoms. The second kappa shape index (κ2) is 18.7. The fourth-order valence-electron chi connectivity index (χ4n) is 4.79. The third kappa shape index (κ3) is 13.7. The zero-order valence-electron chi connectivity index (χ0n) is 29.5. The molecule has 2 N–H and O–H groups in total. The van der Waals surface area contributed by atoms with E-state index in [1.54, 1.807) is 52.0 Å². The van der Waals surface area contributed by atoms with Crippen LogP contribution in [0.5, 0.6) is 11.5 Å². The van der Waals surface area contributed by atoms with Gasteiger partial charge in [0, 0.05) is 29.5 Å². The van der Waals surface area contributed by atoms with E-state index in [1.165, 1.54) is 37.0 Å². The number of hydrogen-bond acceptors (Lipinski definition) is 7. The zero-order valence-corrected chi connectivity index (χ0v) is 31.9. The largest absolute Gasteiger partial charge is 0.488 e. The minimum Gasteiger partial charge on any atom is -0.488 e. The summed E-state index contributed by atoms with van der Waals surface area (Å²) in [6, 6.07) is 13.1. The van der Waals surface area contributed by atoms with Crippen LogP contribution in [-0.4, -0.2) is 49.2 Å². The number of carbonyl (C=O) groups is 1. The lowest BCUT2D eigenvalue weighted by atomic mass is 9.96. The van der Waals surface area contributed by atoms with E-state index >= 15 is 0 Å². The molecule has 1 aromatic heterocycles. The van der Waals surface area contributed by atoms with Gasteiger partial charge in [0.25, 0.3) is 0 Å². The molecule has 0 aliphatic heterocycles. The summed E-state index contributed by atoms with van der Waals surface area (Å²) in [7, 11) is 1.26. The first kappa shape index (κ1) is 44.0. The maximum Gasteiger partial charge on any atom is 0.435 e. The van der Waals surface area contributed by atoms with Gasteiger partial charge in [-0.1, -0.05) is 41.4 Å². The SMILES string of the molecule is CC(C)O.Cn1nc(C(F)(F)F)cc1-c1ccc(OCc2ccc(Cl)cc2)c(-c2ccc(Cl)c(C(F)(F)F)c2)c1OC(=O)CCSCCCC(C)(C)O. The molecule has 0 aliphatic rings. The van der Waals surface area contributed by atoms with Crippen LogP contribution < -0.4 is 9.47 Å². The van der Waals surface area contributed by atoms with Crippen LogP contribution in [0.15, 0.2) is 60.7 Å². The van der Waals surface area contributed by atoms with Gasteiger partial charge in [-0.25, -0.2) is 0 Å². The Balaban J connectivity index is 0.00000180. The second-order valence-electron chi connectivity index (χ2n) is 12.8. The maximum atomic E-state index is 14.0. The van der Waals surface area contributed by atoms with Gasteiger partial charge in [-0.15, -0.1) is 0 Å². The lowest BCUT2D eigenvalue weighted by Crippen LogP contribution is -2.18. The van der Waals surface area contributed by atoms with Crippen LogP contribution in [-0.2, 0) is 30.8 Å². The number of nitrogens with zero attached hydrogens (tertiary/aromatic N) is 2. The summed E-state index contributed by atoms with van der Waals surface area (Å²) in [5.41, 5.74) is -2.99. The molecular formula is C37H40Cl2F6N2O5S. The molecule has 0 spiro atoms. The Labute approximate surface area is 318 Å².